The number of likely N-dealkylation sites (N-methyl/N-ethyl adjacent to an activating group) is 3. The Morgan fingerprint density at radius 1 is 0.846 bits per heavy atom. The second-order valence-corrected chi connectivity index (χ2v) is 14.3. The molecule has 0 aromatic heterocycles. The van der Waals surface area contributed by atoms with E-state index in [1.54, 1.807) is 33.1 Å². The van der Waals surface area contributed by atoms with Gasteiger partial charge in [-0.2, -0.15) is 4.31 Å². The van der Waals surface area contributed by atoms with Crippen molar-refractivity contribution in [2.75, 3.05) is 74.2 Å². The van der Waals surface area contributed by atoms with Gasteiger partial charge in [-0.1, -0.05) is 0 Å². The first kappa shape index (κ1) is 45.7. The SMILES string of the molecule is COc1cc(C)c(S(=O)(=O)N(C)CCOCC(=O)N(C)[C@H]2CCC[C@@H](N3CCN(C)CC3)C2)c(C)c1.O=C(O)C=CC(=O)O.O=C(O)C=CC(=O)O. The summed E-state index contributed by atoms with van der Waals surface area (Å²) < 4.78 is 38.4. The van der Waals surface area contributed by atoms with Crippen molar-refractivity contribution in [3.05, 3.63) is 47.6 Å². The molecule has 292 valence electrons. The quantitative estimate of drug-likeness (QED) is 0.155. The third kappa shape index (κ3) is 16.3. The van der Waals surface area contributed by atoms with Crippen LogP contribution in [0.25, 0.3) is 0 Å². The number of ether oxygens (including phenoxy) is 2. The molecule has 2 atom stereocenters. The summed E-state index contributed by atoms with van der Waals surface area (Å²) in [5, 5.41) is 31.2. The van der Waals surface area contributed by atoms with Gasteiger partial charge in [0.15, 0.2) is 0 Å². The van der Waals surface area contributed by atoms with E-state index < -0.39 is 33.9 Å². The first-order valence-electron chi connectivity index (χ1n) is 16.5. The highest BCUT2D eigenvalue weighted by Gasteiger charge is 2.32. The van der Waals surface area contributed by atoms with E-state index in [4.69, 9.17) is 29.9 Å². The van der Waals surface area contributed by atoms with Gasteiger partial charge in [-0.3, -0.25) is 9.69 Å². The summed E-state index contributed by atoms with van der Waals surface area (Å²) in [7, 11) is 3.45. The number of nitrogens with zero attached hydrogens (tertiary/aromatic N) is 4. The van der Waals surface area contributed by atoms with Crippen molar-refractivity contribution in [1.82, 2.24) is 19.0 Å². The van der Waals surface area contributed by atoms with Gasteiger partial charge in [0.1, 0.15) is 12.4 Å². The summed E-state index contributed by atoms with van der Waals surface area (Å²) in [4.78, 5) is 58.1. The molecular formula is C34H52N4O13S. The van der Waals surface area contributed by atoms with E-state index in [1.165, 1.54) is 17.8 Å². The molecule has 3 rings (SSSR count). The molecule has 52 heavy (non-hydrogen) atoms. The lowest BCUT2D eigenvalue weighted by molar-refractivity contribution is -0.138. The lowest BCUT2D eigenvalue weighted by Crippen LogP contribution is -2.52. The topological polar surface area (TPSA) is 232 Å². The number of methoxy groups -OCH3 is 1. The van der Waals surface area contributed by atoms with Crippen LogP contribution in [0.15, 0.2) is 41.3 Å². The van der Waals surface area contributed by atoms with Crippen LogP contribution in [0, 0.1) is 13.8 Å². The number of carbonyl (C=O) groups excluding carboxylic acids is 1. The van der Waals surface area contributed by atoms with Gasteiger partial charge < -0.3 is 39.7 Å². The van der Waals surface area contributed by atoms with Crippen LogP contribution in [0.2, 0.25) is 0 Å². The van der Waals surface area contributed by atoms with Crippen molar-refractivity contribution in [2.24, 2.45) is 0 Å². The number of carbonyl (C=O) groups is 5. The normalized spacial score (nSPS) is 18.2. The van der Waals surface area contributed by atoms with Crippen LogP contribution in [-0.4, -0.2) is 164 Å². The first-order chi connectivity index (χ1) is 24.3. The highest BCUT2D eigenvalue weighted by atomic mass is 32.2. The standard InChI is InChI=1S/C26H44N4O5S.2C4H4O4/c1-20-16-24(34-6)17-21(2)26(20)36(32,33)28(4)14-15-35-19-25(31)29(5)22-8-7-9-23(18-22)30-12-10-27(3)11-13-30;2*5-3(6)1-2-4(7)8/h16-17,22-23H,7-15,18-19H2,1-6H3;2*1-2H,(H,5,6)(H,7,8)/t22-,23+;;/m0../s1. The largest absolute Gasteiger partial charge is 0.497 e. The summed E-state index contributed by atoms with van der Waals surface area (Å²) >= 11 is 0. The third-order valence-electron chi connectivity index (χ3n) is 8.47. The number of hydrogen-bond donors (Lipinski definition) is 4. The molecule has 1 aromatic rings. The van der Waals surface area contributed by atoms with Crippen LogP contribution < -0.4 is 4.74 Å². The Balaban J connectivity index is 0.000000700. The minimum Gasteiger partial charge on any atom is -0.497 e. The Kier molecular flexibility index (Phi) is 19.8. The molecular weight excluding hydrogens is 704 g/mol. The number of carboxylic acids is 4. The van der Waals surface area contributed by atoms with E-state index in [9.17, 15) is 32.4 Å². The zero-order valence-electron chi connectivity index (χ0n) is 30.6. The Hall–Kier alpha value is -4.36. The maximum Gasteiger partial charge on any atom is 0.328 e. The highest BCUT2D eigenvalue weighted by molar-refractivity contribution is 7.89. The predicted octanol–water partition coefficient (Wildman–Crippen LogP) is 1.39. The van der Waals surface area contributed by atoms with Crippen molar-refractivity contribution in [3.63, 3.8) is 0 Å². The Labute approximate surface area is 304 Å². The van der Waals surface area contributed by atoms with E-state index in [-0.39, 0.29) is 36.6 Å². The summed E-state index contributed by atoms with van der Waals surface area (Å²) in [6, 6.07) is 4.21. The zero-order chi connectivity index (χ0) is 39.6. The van der Waals surface area contributed by atoms with E-state index in [0.29, 0.717) is 47.2 Å². The van der Waals surface area contributed by atoms with E-state index in [2.05, 4.69) is 16.8 Å². The molecule has 0 radical (unpaired) electrons. The predicted molar refractivity (Wildman–Crippen MR) is 190 cm³/mol. The number of aryl methyl sites for hydroxylation is 2. The van der Waals surface area contributed by atoms with Crippen LogP contribution in [0.1, 0.15) is 36.8 Å². The minimum atomic E-state index is -3.69. The highest BCUT2D eigenvalue weighted by Crippen LogP contribution is 2.28. The van der Waals surface area contributed by atoms with Crippen molar-refractivity contribution in [1.29, 1.82) is 0 Å². The fraction of sp³-hybridized carbons (Fsp3) is 0.559. The Bertz CT molecular complexity index is 1450. The lowest BCUT2D eigenvalue weighted by Gasteiger charge is -2.43. The lowest BCUT2D eigenvalue weighted by atomic mass is 9.88. The number of piperazine rings is 1. The second-order valence-electron chi connectivity index (χ2n) is 12.3. The number of sulfonamides is 1. The maximum absolute atomic E-state index is 13.1. The summed E-state index contributed by atoms with van der Waals surface area (Å²) in [5.41, 5.74) is 1.28. The number of benzene rings is 1. The van der Waals surface area contributed by atoms with Crippen molar-refractivity contribution < 1.29 is 62.3 Å². The third-order valence-corrected chi connectivity index (χ3v) is 10.6. The van der Waals surface area contributed by atoms with Gasteiger partial charge >= 0.3 is 23.9 Å². The summed E-state index contributed by atoms with van der Waals surface area (Å²) in [6.07, 6.45) is 6.59. The minimum absolute atomic E-state index is 0.0410. The molecule has 1 amide bonds. The Morgan fingerprint density at radius 2 is 1.33 bits per heavy atom. The summed E-state index contributed by atoms with van der Waals surface area (Å²) in [5.74, 6) is -4.45. The number of aliphatic carboxylic acids is 4. The van der Waals surface area contributed by atoms with Crippen LogP contribution in [0.3, 0.4) is 0 Å². The number of amides is 1. The summed E-state index contributed by atoms with van der Waals surface area (Å²) in [6.45, 7) is 8.21. The molecule has 18 heteroatoms. The molecule has 0 unspecified atom stereocenters. The average molecular weight is 757 g/mol. The molecule has 1 aromatic carbocycles. The molecule has 0 bridgehead atoms. The molecule has 2 aliphatic rings. The smallest absolute Gasteiger partial charge is 0.328 e. The zero-order valence-corrected chi connectivity index (χ0v) is 31.4. The van der Waals surface area contributed by atoms with Gasteiger partial charge in [-0.25, -0.2) is 27.6 Å². The van der Waals surface area contributed by atoms with Crippen molar-refractivity contribution in [3.8, 4) is 5.75 Å². The molecule has 1 saturated heterocycles. The van der Waals surface area contributed by atoms with Crippen molar-refractivity contribution >= 4 is 39.8 Å². The van der Waals surface area contributed by atoms with Gasteiger partial charge in [0.05, 0.1) is 18.6 Å². The molecule has 1 aliphatic carbocycles. The van der Waals surface area contributed by atoms with Crippen LogP contribution in [0.4, 0.5) is 0 Å². The fourth-order valence-electron chi connectivity index (χ4n) is 5.66. The average Bonchev–Trinajstić information content (AvgIpc) is 3.08. The van der Waals surface area contributed by atoms with E-state index in [1.807, 2.05) is 11.9 Å². The van der Waals surface area contributed by atoms with Crippen molar-refractivity contribution in [2.45, 2.75) is 56.5 Å². The van der Waals surface area contributed by atoms with Crippen LogP contribution in [0.5, 0.6) is 5.75 Å². The Morgan fingerprint density at radius 3 is 1.77 bits per heavy atom. The van der Waals surface area contributed by atoms with Crippen LogP contribution >= 0.6 is 0 Å². The second kappa shape index (κ2) is 22.5. The molecule has 2 fully saturated rings. The van der Waals surface area contributed by atoms with Crippen LogP contribution in [-0.2, 0) is 38.7 Å². The molecule has 4 N–H and O–H groups in total. The number of rotatable bonds is 14. The molecule has 1 heterocycles. The maximum atomic E-state index is 13.1. The van der Waals surface area contributed by atoms with Gasteiger partial charge in [-0.05, 0) is 69.8 Å². The number of hydrogen-bond acceptors (Lipinski definition) is 11. The molecule has 1 aliphatic heterocycles. The first-order valence-corrected chi connectivity index (χ1v) is 17.9. The van der Waals surface area contributed by atoms with Gasteiger partial charge in [-0.15, -0.1) is 0 Å². The van der Waals surface area contributed by atoms with Gasteiger partial charge in [0.2, 0.25) is 15.9 Å². The monoisotopic (exact) mass is 756 g/mol. The van der Waals surface area contributed by atoms with E-state index in [0.717, 1.165) is 45.4 Å². The van der Waals surface area contributed by atoms with Gasteiger partial charge in [0, 0.05) is 83.2 Å². The number of carboxylic acid groups (broad SMARTS) is 4. The molecule has 17 nitrogen and oxygen atoms in total. The fourth-order valence-corrected chi connectivity index (χ4v) is 7.22. The molecule has 1 saturated carbocycles. The van der Waals surface area contributed by atoms with Gasteiger partial charge in [0.25, 0.3) is 0 Å². The van der Waals surface area contributed by atoms with E-state index >= 15 is 0 Å². The molecule has 0 spiro atoms.